The van der Waals surface area contributed by atoms with Crippen molar-refractivity contribution >= 4 is 11.9 Å². The third-order valence-corrected chi connectivity index (χ3v) is 5.01. The number of hydrogen-bond acceptors (Lipinski definition) is 4. The number of para-hydroxylation sites is 1. The molecule has 1 amide bonds. The summed E-state index contributed by atoms with van der Waals surface area (Å²) in [7, 11) is 0. The minimum atomic E-state index is -0.988. The van der Waals surface area contributed by atoms with Crippen molar-refractivity contribution in [1.82, 2.24) is 5.32 Å². The normalized spacial score (nSPS) is 16.0. The number of ether oxygens (including phenoxy) is 2. The predicted octanol–water partition coefficient (Wildman–Crippen LogP) is 4.11. The summed E-state index contributed by atoms with van der Waals surface area (Å²) in [6.07, 6.45) is 3.81. The molecule has 154 valence electrons. The van der Waals surface area contributed by atoms with Crippen LogP contribution >= 0.6 is 0 Å². The molecule has 0 saturated heterocycles. The highest BCUT2D eigenvalue weighted by Crippen LogP contribution is 2.26. The van der Waals surface area contributed by atoms with Crippen LogP contribution in [0.25, 0.3) is 0 Å². The second-order valence-electron chi connectivity index (χ2n) is 7.33. The second-order valence-corrected chi connectivity index (χ2v) is 7.33. The second kappa shape index (κ2) is 9.96. The molecule has 2 aromatic carbocycles. The van der Waals surface area contributed by atoms with E-state index in [1.54, 1.807) is 31.2 Å². The molecular weight excluding hydrogens is 370 g/mol. The van der Waals surface area contributed by atoms with E-state index in [1.807, 2.05) is 30.3 Å². The molecule has 2 N–H and O–H groups in total. The number of carboxylic acid groups (broad SMARTS) is 1. The Morgan fingerprint density at radius 3 is 2.31 bits per heavy atom. The van der Waals surface area contributed by atoms with E-state index in [-0.39, 0.29) is 18.4 Å². The topological polar surface area (TPSA) is 84.9 Å². The summed E-state index contributed by atoms with van der Waals surface area (Å²) in [5.74, 6) is -0.00947. The van der Waals surface area contributed by atoms with Gasteiger partial charge in [0, 0.05) is 0 Å². The molecule has 2 atom stereocenters. The zero-order valence-electron chi connectivity index (χ0n) is 16.5. The zero-order chi connectivity index (χ0) is 20.6. The number of carboxylic acids is 1. The number of amides is 1. The van der Waals surface area contributed by atoms with Gasteiger partial charge in [-0.25, -0.2) is 0 Å². The van der Waals surface area contributed by atoms with Crippen LogP contribution in [0.15, 0.2) is 54.6 Å². The molecule has 2 unspecified atom stereocenters. The van der Waals surface area contributed by atoms with Crippen LogP contribution in [-0.4, -0.2) is 29.2 Å². The molecule has 1 fully saturated rings. The van der Waals surface area contributed by atoms with Gasteiger partial charge < -0.3 is 19.9 Å². The Bertz CT molecular complexity index is 800. The average Bonchev–Trinajstić information content (AvgIpc) is 3.21. The van der Waals surface area contributed by atoms with Gasteiger partial charge in [0.2, 0.25) is 0 Å². The van der Waals surface area contributed by atoms with Crippen LogP contribution in [0.1, 0.15) is 50.6 Å². The van der Waals surface area contributed by atoms with Gasteiger partial charge in [-0.2, -0.15) is 0 Å². The first kappa shape index (κ1) is 20.7. The van der Waals surface area contributed by atoms with E-state index < -0.39 is 18.1 Å². The molecular formula is C23H27NO5. The van der Waals surface area contributed by atoms with Gasteiger partial charge in [-0.3, -0.25) is 9.59 Å². The van der Waals surface area contributed by atoms with Gasteiger partial charge in [0.15, 0.2) is 6.10 Å². The van der Waals surface area contributed by atoms with Crippen LogP contribution < -0.4 is 14.8 Å². The number of benzene rings is 2. The summed E-state index contributed by atoms with van der Waals surface area (Å²) < 4.78 is 11.6. The van der Waals surface area contributed by atoms with Gasteiger partial charge in [0.05, 0.1) is 18.6 Å². The van der Waals surface area contributed by atoms with Crippen molar-refractivity contribution in [1.29, 1.82) is 0 Å². The summed E-state index contributed by atoms with van der Waals surface area (Å²) in [6, 6.07) is 15.7. The van der Waals surface area contributed by atoms with Crippen LogP contribution in [-0.2, 0) is 9.59 Å². The maximum Gasteiger partial charge on any atom is 0.305 e. The van der Waals surface area contributed by atoms with Crippen LogP contribution in [0.2, 0.25) is 0 Å². The molecule has 29 heavy (non-hydrogen) atoms. The Kier molecular flexibility index (Phi) is 7.11. The lowest BCUT2D eigenvalue weighted by molar-refractivity contribution is -0.138. The number of nitrogens with one attached hydrogen (secondary N) is 1. The zero-order valence-corrected chi connectivity index (χ0v) is 16.5. The number of hydrogen-bond donors (Lipinski definition) is 2. The largest absolute Gasteiger partial charge is 0.490 e. The van der Waals surface area contributed by atoms with E-state index in [4.69, 9.17) is 9.47 Å². The predicted molar refractivity (Wildman–Crippen MR) is 109 cm³/mol. The van der Waals surface area contributed by atoms with Crippen LogP contribution in [0.3, 0.4) is 0 Å². The monoisotopic (exact) mass is 397 g/mol. The Balaban J connectivity index is 1.63. The van der Waals surface area contributed by atoms with Crippen molar-refractivity contribution < 1.29 is 24.2 Å². The van der Waals surface area contributed by atoms with E-state index in [0.29, 0.717) is 11.3 Å². The lowest BCUT2D eigenvalue weighted by Crippen LogP contribution is -2.39. The molecule has 0 spiro atoms. The van der Waals surface area contributed by atoms with Gasteiger partial charge >= 0.3 is 5.97 Å². The standard InChI is InChI=1S/C23H27NO5/c1-16(28-18-7-3-2-4-8-18)23(27)24-21(15-22(25)26)17-11-13-20(14-12-17)29-19-9-5-6-10-19/h2-4,7-8,11-14,16,19,21H,5-6,9-10,15H2,1H3,(H,24,27)(H,25,26). The fourth-order valence-corrected chi connectivity index (χ4v) is 3.45. The molecule has 0 bridgehead atoms. The maximum atomic E-state index is 12.6. The van der Waals surface area contributed by atoms with Crippen molar-refractivity contribution in [3.05, 3.63) is 60.2 Å². The molecule has 0 heterocycles. The molecule has 0 aliphatic heterocycles. The number of carbonyl (C=O) groups is 2. The Hall–Kier alpha value is -3.02. The lowest BCUT2D eigenvalue weighted by Gasteiger charge is -2.21. The van der Waals surface area contributed by atoms with Crippen LogP contribution in [0.5, 0.6) is 11.5 Å². The van der Waals surface area contributed by atoms with E-state index in [1.165, 1.54) is 12.8 Å². The van der Waals surface area contributed by atoms with Gasteiger partial charge in [0.1, 0.15) is 11.5 Å². The number of carbonyl (C=O) groups excluding carboxylic acids is 1. The lowest BCUT2D eigenvalue weighted by atomic mass is 10.0. The molecule has 6 nitrogen and oxygen atoms in total. The summed E-state index contributed by atoms with van der Waals surface area (Å²) >= 11 is 0. The quantitative estimate of drug-likeness (QED) is 0.665. The summed E-state index contributed by atoms with van der Waals surface area (Å²) in [5.41, 5.74) is 0.714. The Morgan fingerprint density at radius 2 is 1.69 bits per heavy atom. The molecule has 2 aromatic rings. The molecule has 1 aliphatic rings. The maximum absolute atomic E-state index is 12.6. The van der Waals surface area contributed by atoms with Crippen molar-refractivity contribution in [2.45, 2.75) is 57.3 Å². The fourth-order valence-electron chi connectivity index (χ4n) is 3.45. The van der Waals surface area contributed by atoms with Gasteiger partial charge in [-0.05, 0) is 62.4 Å². The van der Waals surface area contributed by atoms with E-state index in [0.717, 1.165) is 18.6 Å². The van der Waals surface area contributed by atoms with Crippen LogP contribution in [0, 0.1) is 0 Å². The molecule has 0 aromatic heterocycles. The van der Waals surface area contributed by atoms with Crippen LogP contribution in [0.4, 0.5) is 0 Å². The minimum absolute atomic E-state index is 0.216. The van der Waals surface area contributed by atoms with Crippen molar-refractivity contribution in [3.63, 3.8) is 0 Å². The summed E-state index contributed by atoms with van der Waals surface area (Å²) in [6.45, 7) is 1.64. The minimum Gasteiger partial charge on any atom is -0.490 e. The van der Waals surface area contributed by atoms with Crippen molar-refractivity contribution in [3.8, 4) is 11.5 Å². The smallest absolute Gasteiger partial charge is 0.305 e. The van der Waals surface area contributed by atoms with E-state index in [2.05, 4.69) is 5.32 Å². The SMILES string of the molecule is CC(Oc1ccccc1)C(=O)NC(CC(=O)O)c1ccc(OC2CCCC2)cc1. The van der Waals surface area contributed by atoms with Gasteiger partial charge in [-0.1, -0.05) is 30.3 Å². The van der Waals surface area contributed by atoms with Crippen molar-refractivity contribution in [2.24, 2.45) is 0 Å². The van der Waals surface area contributed by atoms with Gasteiger partial charge in [-0.15, -0.1) is 0 Å². The summed E-state index contributed by atoms with van der Waals surface area (Å²) in [5, 5.41) is 12.1. The highest BCUT2D eigenvalue weighted by molar-refractivity contribution is 5.82. The third-order valence-electron chi connectivity index (χ3n) is 5.01. The van der Waals surface area contributed by atoms with Crippen molar-refractivity contribution in [2.75, 3.05) is 0 Å². The molecule has 1 saturated carbocycles. The Labute approximate surface area is 170 Å². The highest BCUT2D eigenvalue weighted by Gasteiger charge is 2.23. The first-order valence-corrected chi connectivity index (χ1v) is 10.0. The third kappa shape index (κ3) is 6.24. The highest BCUT2D eigenvalue weighted by atomic mass is 16.5. The first-order valence-electron chi connectivity index (χ1n) is 10.0. The van der Waals surface area contributed by atoms with E-state index >= 15 is 0 Å². The average molecular weight is 397 g/mol. The molecule has 1 aliphatic carbocycles. The molecule has 6 heteroatoms. The number of rotatable bonds is 9. The Morgan fingerprint density at radius 1 is 1.03 bits per heavy atom. The fraction of sp³-hybridized carbons (Fsp3) is 0.391. The first-order chi connectivity index (χ1) is 14.0. The summed E-state index contributed by atoms with van der Waals surface area (Å²) in [4.78, 5) is 23.9. The number of aliphatic carboxylic acids is 1. The molecule has 0 radical (unpaired) electrons. The molecule has 3 rings (SSSR count). The van der Waals surface area contributed by atoms with Gasteiger partial charge in [0.25, 0.3) is 5.91 Å². The van der Waals surface area contributed by atoms with E-state index in [9.17, 15) is 14.7 Å².